The van der Waals surface area contributed by atoms with Gasteiger partial charge >= 0.3 is 11.9 Å². The molecule has 0 aliphatic carbocycles. The summed E-state index contributed by atoms with van der Waals surface area (Å²) in [6.07, 6.45) is -0.536. The van der Waals surface area contributed by atoms with Crippen LogP contribution in [0.15, 0.2) is 24.3 Å². The van der Waals surface area contributed by atoms with Crippen molar-refractivity contribution in [1.82, 2.24) is 0 Å². The van der Waals surface area contributed by atoms with E-state index in [1.165, 1.54) is 0 Å². The lowest BCUT2D eigenvalue weighted by molar-refractivity contribution is -0.154. The molecule has 6 heteroatoms. The van der Waals surface area contributed by atoms with E-state index in [0.29, 0.717) is 5.56 Å². The van der Waals surface area contributed by atoms with Crippen LogP contribution in [0.1, 0.15) is 16.8 Å². The third-order valence-corrected chi connectivity index (χ3v) is 2.87. The molecule has 0 saturated heterocycles. The number of carbonyl (C=O) groups is 3. The molecule has 0 bridgehead atoms. The Morgan fingerprint density at radius 1 is 1.06 bits per heavy atom. The van der Waals surface area contributed by atoms with E-state index in [-0.39, 0.29) is 0 Å². The van der Waals surface area contributed by atoms with E-state index in [1.54, 1.807) is 24.3 Å². The second-order valence-corrected chi connectivity index (χ2v) is 4.61. The lowest BCUT2D eigenvalue weighted by Gasteiger charge is -2.06. The largest absolute Gasteiger partial charge is 0.481 e. The number of aliphatic carboxylic acids is 2. The Morgan fingerprint density at radius 2 is 1.53 bits per heavy atom. The summed E-state index contributed by atoms with van der Waals surface area (Å²) in [4.78, 5) is 32.9. The predicted octanol–water partition coefficient (Wildman–Crippen LogP) is 1.65. The number of hydrogen-bond acceptors (Lipinski definition) is 3. The average molecular weight is 348 g/mol. The maximum atomic E-state index is 11.6. The van der Waals surface area contributed by atoms with Gasteiger partial charge in [0.1, 0.15) is 0 Å². The van der Waals surface area contributed by atoms with Crippen LogP contribution in [0.3, 0.4) is 0 Å². The number of halogens is 1. The molecule has 0 aliphatic rings. The summed E-state index contributed by atoms with van der Waals surface area (Å²) in [6.45, 7) is 0. The van der Waals surface area contributed by atoms with Crippen LogP contribution in [0.2, 0.25) is 0 Å². The molecule has 0 fully saturated rings. The summed E-state index contributed by atoms with van der Waals surface area (Å²) in [7, 11) is 0. The van der Waals surface area contributed by atoms with Gasteiger partial charge in [-0.15, -0.1) is 0 Å². The fraction of sp³-hybridized carbons (Fsp3) is 0.182. The van der Waals surface area contributed by atoms with Gasteiger partial charge in [0.25, 0.3) is 0 Å². The monoisotopic (exact) mass is 348 g/mol. The number of hydrogen-bond donors (Lipinski definition) is 2. The normalized spacial score (nSPS) is 10.2. The van der Waals surface area contributed by atoms with Crippen molar-refractivity contribution in [3.05, 3.63) is 33.4 Å². The summed E-state index contributed by atoms with van der Waals surface area (Å²) < 4.78 is 0.937. The van der Waals surface area contributed by atoms with Gasteiger partial charge in [0.15, 0.2) is 11.7 Å². The molecule has 0 spiro atoms. The molecule has 0 saturated carbocycles. The molecular weight excluding hydrogens is 339 g/mol. The van der Waals surface area contributed by atoms with Crippen molar-refractivity contribution in [2.75, 3.05) is 0 Å². The third-order valence-electron chi connectivity index (χ3n) is 2.15. The molecule has 0 atom stereocenters. The van der Waals surface area contributed by atoms with Gasteiger partial charge in [-0.1, -0.05) is 12.1 Å². The van der Waals surface area contributed by atoms with Crippen molar-refractivity contribution >= 4 is 40.3 Å². The van der Waals surface area contributed by atoms with Crippen LogP contribution in [0.25, 0.3) is 0 Å². The number of rotatable bonds is 5. The third kappa shape index (κ3) is 3.81. The summed E-state index contributed by atoms with van der Waals surface area (Å²) in [5, 5.41) is 17.3. The second-order valence-electron chi connectivity index (χ2n) is 3.36. The van der Waals surface area contributed by atoms with Crippen molar-refractivity contribution in [3.63, 3.8) is 0 Å². The first-order valence-electron chi connectivity index (χ1n) is 4.66. The van der Waals surface area contributed by atoms with Gasteiger partial charge in [0.05, 0.1) is 0 Å². The zero-order chi connectivity index (χ0) is 13.0. The molecular formula is C11H9IO5. The summed E-state index contributed by atoms with van der Waals surface area (Å²) in [6, 6.07) is 6.49. The van der Waals surface area contributed by atoms with Crippen LogP contribution >= 0.6 is 22.6 Å². The van der Waals surface area contributed by atoms with Crippen molar-refractivity contribution in [1.29, 1.82) is 0 Å². The zero-order valence-electron chi connectivity index (χ0n) is 8.59. The van der Waals surface area contributed by atoms with Gasteiger partial charge in [-0.3, -0.25) is 14.4 Å². The molecule has 1 rings (SSSR count). The van der Waals surface area contributed by atoms with E-state index in [2.05, 4.69) is 22.6 Å². The first-order valence-corrected chi connectivity index (χ1v) is 5.74. The SMILES string of the molecule is O=C(CC(C(=O)O)C(=O)O)c1ccc(I)cc1. The van der Waals surface area contributed by atoms with Crippen LogP contribution in [-0.4, -0.2) is 27.9 Å². The molecule has 0 aromatic heterocycles. The summed E-state index contributed by atoms with van der Waals surface area (Å²) in [5.41, 5.74) is 0.318. The highest BCUT2D eigenvalue weighted by molar-refractivity contribution is 14.1. The molecule has 0 heterocycles. The van der Waals surface area contributed by atoms with Gasteiger partial charge in [-0.05, 0) is 34.7 Å². The van der Waals surface area contributed by atoms with Gasteiger partial charge in [-0.2, -0.15) is 0 Å². The van der Waals surface area contributed by atoms with Gasteiger partial charge in [0, 0.05) is 15.6 Å². The Labute approximate surface area is 111 Å². The quantitative estimate of drug-likeness (QED) is 0.480. The highest BCUT2D eigenvalue weighted by Crippen LogP contribution is 2.13. The fourth-order valence-electron chi connectivity index (χ4n) is 1.22. The van der Waals surface area contributed by atoms with Crippen molar-refractivity contribution in [2.24, 2.45) is 5.92 Å². The smallest absolute Gasteiger partial charge is 0.318 e. The molecule has 1 aromatic carbocycles. The zero-order valence-corrected chi connectivity index (χ0v) is 10.7. The van der Waals surface area contributed by atoms with Crippen LogP contribution < -0.4 is 0 Å². The number of ketones is 1. The van der Waals surface area contributed by atoms with Crippen LogP contribution in [-0.2, 0) is 9.59 Å². The predicted molar refractivity (Wildman–Crippen MR) is 66.9 cm³/mol. The molecule has 0 aliphatic heterocycles. The molecule has 0 amide bonds. The maximum Gasteiger partial charge on any atom is 0.318 e. The summed E-state index contributed by atoms with van der Waals surface area (Å²) in [5.74, 6) is -5.19. The van der Waals surface area contributed by atoms with E-state index in [1.807, 2.05) is 0 Å². The minimum Gasteiger partial charge on any atom is -0.481 e. The van der Waals surface area contributed by atoms with Crippen LogP contribution in [0.5, 0.6) is 0 Å². The Kier molecular flexibility index (Phi) is 4.62. The minimum absolute atomic E-state index is 0.318. The van der Waals surface area contributed by atoms with Gasteiger partial charge in [-0.25, -0.2) is 0 Å². The number of carboxylic acid groups (broad SMARTS) is 2. The number of carboxylic acids is 2. The van der Waals surface area contributed by atoms with Crippen molar-refractivity contribution < 1.29 is 24.6 Å². The fourth-order valence-corrected chi connectivity index (χ4v) is 1.58. The maximum absolute atomic E-state index is 11.6. The Bertz CT molecular complexity index is 437. The lowest BCUT2D eigenvalue weighted by Crippen LogP contribution is -2.26. The summed E-state index contributed by atoms with van der Waals surface area (Å²) >= 11 is 2.07. The molecule has 90 valence electrons. The van der Waals surface area contributed by atoms with Crippen molar-refractivity contribution in [2.45, 2.75) is 6.42 Å². The Hall–Kier alpha value is -1.44. The molecule has 2 N–H and O–H groups in total. The second kappa shape index (κ2) is 5.76. The van der Waals surface area contributed by atoms with E-state index < -0.39 is 30.1 Å². The van der Waals surface area contributed by atoms with Crippen molar-refractivity contribution in [3.8, 4) is 0 Å². The van der Waals surface area contributed by atoms with E-state index in [9.17, 15) is 14.4 Å². The number of benzene rings is 1. The van der Waals surface area contributed by atoms with E-state index >= 15 is 0 Å². The van der Waals surface area contributed by atoms with Crippen LogP contribution in [0.4, 0.5) is 0 Å². The molecule has 0 radical (unpaired) electrons. The first-order chi connectivity index (χ1) is 7.91. The standard InChI is InChI=1S/C11H9IO5/c12-7-3-1-6(2-4-7)9(13)5-8(10(14)15)11(16)17/h1-4,8H,5H2,(H,14,15)(H,16,17). The number of Topliss-reactive ketones (excluding diaryl/α,β-unsaturated/α-hetero) is 1. The topological polar surface area (TPSA) is 91.7 Å². The first kappa shape index (κ1) is 13.6. The Balaban J connectivity index is 2.81. The van der Waals surface area contributed by atoms with Gasteiger partial charge < -0.3 is 10.2 Å². The van der Waals surface area contributed by atoms with Crippen LogP contribution in [0, 0.1) is 9.49 Å². The van der Waals surface area contributed by atoms with E-state index in [0.717, 1.165) is 3.57 Å². The highest BCUT2D eigenvalue weighted by atomic mass is 127. The molecule has 0 unspecified atom stereocenters. The minimum atomic E-state index is -1.69. The average Bonchev–Trinajstić information content (AvgIpc) is 2.25. The van der Waals surface area contributed by atoms with Gasteiger partial charge in [0.2, 0.25) is 0 Å². The molecule has 1 aromatic rings. The highest BCUT2D eigenvalue weighted by Gasteiger charge is 2.28. The molecule has 17 heavy (non-hydrogen) atoms. The lowest BCUT2D eigenvalue weighted by atomic mass is 9.98. The number of carbonyl (C=O) groups excluding carboxylic acids is 1. The Morgan fingerprint density at radius 3 is 1.94 bits per heavy atom. The molecule has 5 nitrogen and oxygen atoms in total. The van der Waals surface area contributed by atoms with E-state index in [4.69, 9.17) is 10.2 Å².